The molecule has 35 heavy (non-hydrogen) atoms. The van der Waals surface area contributed by atoms with Crippen molar-refractivity contribution in [3.8, 4) is 0 Å². The largest absolute Gasteiger partial charge is 0.358 e. The maximum Gasteiger partial charge on any atom is 0.253 e. The summed E-state index contributed by atoms with van der Waals surface area (Å²) in [5.74, 6) is -0.252. The average Bonchev–Trinajstić information content (AvgIpc) is 2.89. The molecular weight excluding hydrogens is 440 g/mol. The van der Waals surface area contributed by atoms with Gasteiger partial charge >= 0.3 is 0 Å². The lowest BCUT2D eigenvalue weighted by Crippen LogP contribution is -2.57. The number of carbonyl (C=O) groups excluding carboxylic acids is 3. The Bertz CT molecular complexity index is 1120. The number of carbonyl (C=O) groups is 3. The SMILES string of the molecule is Cc1cccc(CNC(=O)CN2C(=O)[C@H]3CCCCN3c3ccc(C(=O)N4CCCCC4)cc32)c1. The van der Waals surface area contributed by atoms with Gasteiger partial charge in [-0.05, 0) is 69.2 Å². The van der Waals surface area contributed by atoms with Gasteiger partial charge in [-0.3, -0.25) is 19.3 Å². The molecule has 2 aromatic rings. The first-order valence-electron chi connectivity index (χ1n) is 12.8. The van der Waals surface area contributed by atoms with Gasteiger partial charge in [-0.1, -0.05) is 29.8 Å². The number of rotatable bonds is 5. The van der Waals surface area contributed by atoms with Crippen LogP contribution in [0.25, 0.3) is 0 Å². The first kappa shape index (κ1) is 23.4. The number of hydrogen-bond donors (Lipinski definition) is 1. The monoisotopic (exact) mass is 474 g/mol. The van der Waals surface area contributed by atoms with Crippen molar-refractivity contribution in [2.75, 3.05) is 36.0 Å². The van der Waals surface area contributed by atoms with Gasteiger partial charge in [-0.25, -0.2) is 0 Å². The summed E-state index contributed by atoms with van der Waals surface area (Å²) >= 11 is 0. The minimum Gasteiger partial charge on any atom is -0.358 e. The number of anilines is 2. The Morgan fingerprint density at radius 2 is 1.74 bits per heavy atom. The zero-order chi connectivity index (χ0) is 24.4. The lowest BCUT2D eigenvalue weighted by Gasteiger charge is -2.45. The number of hydrogen-bond acceptors (Lipinski definition) is 4. The third kappa shape index (κ3) is 4.90. The number of fused-ring (bicyclic) bond motifs is 3. The second-order valence-corrected chi connectivity index (χ2v) is 9.95. The van der Waals surface area contributed by atoms with Gasteiger partial charge < -0.3 is 15.1 Å². The molecule has 2 aromatic carbocycles. The summed E-state index contributed by atoms with van der Waals surface area (Å²) in [5, 5.41) is 2.96. The van der Waals surface area contributed by atoms with Crippen molar-refractivity contribution in [3.63, 3.8) is 0 Å². The second-order valence-electron chi connectivity index (χ2n) is 9.95. The van der Waals surface area contributed by atoms with Gasteiger partial charge in [0.25, 0.3) is 5.91 Å². The standard InChI is InChI=1S/C28H34N4O3/c1-20-8-7-9-21(16-20)18-29-26(33)19-32-25-17-22(27(34)30-13-4-2-5-14-30)11-12-23(25)31-15-6-3-10-24(31)28(32)35/h7-9,11-12,16-17,24H,2-6,10,13-15,18-19H2,1H3,(H,29,33)/t24-/m1/s1. The number of benzene rings is 2. The van der Waals surface area contributed by atoms with Gasteiger partial charge in [-0.2, -0.15) is 0 Å². The molecule has 3 aliphatic rings. The van der Waals surface area contributed by atoms with E-state index in [1.54, 1.807) is 4.90 Å². The number of nitrogens with one attached hydrogen (secondary N) is 1. The number of likely N-dealkylation sites (tertiary alicyclic amines) is 1. The first-order chi connectivity index (χ1) is 17.0. The normalized spacial score (nSPS) is 19.7. The molecule has 0 aromatic heterocycles. The van der Waals surface area contributed by atoms with Crippen molar-refractivity contribution in [1.29, 1.82) is 0 Å². The minimum absolute atomic E-state index is 0.00423. The molecule has 2 fully saturated rings. The Morgan fingerprint density at radius 1 is 0.943 bits per heavy atom. The smallest absolute Gasteiger partial charge is 0.253 e. The van der Waals surface area contributed by atoms with Gasteiger partial charge in [0, 0.05) is 31.7 Å². The summed E-state index contributed by atoms with van der Waals surface area (Å²) in [6.45, 7) is 4.74. The summed E-state index contributed by atoms with van der Waals surface area (Å²) in [6, 6.07) is 13.4. The molecule has 3 aliphatic heterocycles. The van der Waals surface area contributed by atoms with Crippen molar-refractivity contribution in [2.24, 2.45) is 0 Å². The maximum absolute atomic E-state index is 13.6. The second kappa shape index (κ2) is 10.1. The van der Waals surface area contributed by atoms with Gasteiger partial charge in [0.15, 0.2) is 0 Å². The Labute approximate surface area is 207 Å². The van der Waals surface area contributed by atoms with Crippen LogP contribution in [0.2, 0.25) is 0 Å². The van der Waals surface area contributed by atoms with Gasteiger partial charge in [0.05, 0.1) is 11.4 Å². The van der Waals surface area contributed by atoms with Crippen LogP contribution >= 0.6 is 0 Å². The Balaban J connectivity index is 1.39. The summed E-state index contributed by atoms with van der Waals surface area (Å²) in [5.41, 5.74) is 4.36. The van der Waals surface area contributed by atoms with Crippen LogP contribution in [0.5, 0.6) is 0 Å². The van der Waals surface area contributed by atoms with E-state index < -0.39 is 0 Å². The zero-order valence-electron chi connectivity index (χ0n) is 20.5. The van der Waals surface area contributed by atoms with E-state index in [1.807, 2.05) is 54.3 Å². The zero-order valence-corrected chi connectivity index (χ0v) is 20.5. The molecule has 184 valence electrons. The Hall–Kier alpha value is -3.35. The molecule has 2 saturated heterocycles. The van der Waals surface area contributed by atoms with E-state index in [4.69, 9.17) is 0 Å². The molecule has 7 nitrogen and oxygen atoms in total. The highest BCUT2D eigenvalue weighted by Gasteiger charge is 2.40. The topological polar surface area (TPSA) is 73.0 Å². The van der Waals surface area contributed by atoms with Gasteiger partial charge in [-0.15, -0.1) is 0 Å². The summed E-state index contributed by atoms with van der Waals surface area (Å²) in [4.78, 5) is 45.4. The maximum atomic E-state index is 13.6. The molecule has 0 bridgehead atoms. The molecule has 0 unspecified atom stereocenters. The average molecular weight is 475 g/mol. The molecule has 1 N–H and O–H groups in total. The molecule has 7 heteroatoms. The van der Waals surface area contributed by atoms with Crippen molar-refractivity contribution in [2.45, 2.75) is 58.0 Å². The number of piperidine rings is 2. The van der Waals surface area contributed by atoms with Crippen LogP contribution in [0.15, 0.2) is 42.5 Å². The van der Waals surface area contributed by atoms with Crippen molar-refractivity contribution < 1.29 is 14.4 Å². The van der Waals surface area contributed by atoms with E-state index in [-0.39, 0.29) is 30.3 Å². The predicted octanol–water partition coefficient (Wildman–Crippen LogP) is 3.64. The lowest BCUT2D eigenvalue weighted by molar-refractivity contribution is -0.125. The highest BCUT2D eigenvalue weighted by molar-refractivity contribution is 6.09. The van der Waals surface area contributed by atoms with E-state index in [2.05, 4.69) is 10.2 Å². The summed E-state index contributed by atoms with van der Waals surface area (Å²) < 4.78 is 0. The third-order valence-corrected chi connectivity index (χ3v) is 7.39. The molecule has 0 aliphatic carbocycles. The lowest BCUT2D eigenvalue weighted by atomic mass is 9.95. The molecule has 1 atom stereocenters. The van der Waals surface area contributed by atoms with Crippen molar-refractivity contribution >= 4 is 29.1 Å². The van der Waals surface area contributed by atoms with Gasteiger partial charge in [0.2, 0.25) is 11.8 Å². The number of amides is 3. The number of nitrogens with zero attached hydrogens (tertiary/aromatic N) is 3. The fourth-order valence-electron chi connectivity index (χ4n) is 5.56. The van der Waals surface area contributed by atoms with E-state index in [9.17, 15) is 14.4 Å². The van der Waals surface area contributed by atoms with Crippen LogP contribution in [0, 0.1) is 6.92 Å². The van der Waals surface area contributed by atoms with Crippen LogP contribution in [0.3, 0.4) is 0 Å². The molecular formula is C28H34N4O3. The van der Waals surface area contributed by atoms with E-state index in [0.29, 0.717) is 17.8 Å². The number of aryl methyl sites for hydroxylation is 1. The van der Waals surface area contributed by atoms with Crippen molar-refractivity contribution in [3.05, 3.63) is 59.2 Å². The van der Waals surface area contributed by atoms with Crippen LogP contribution in [0.1, 0.15) is 60.0 Å². The Morgan fingerprint density at radius 3 is 2.54 bits per heavy atom. The fraction of sp³-hybridized carbons (Fsp3) is 0.464. The Kier molecular flexibility index (Phi) is 6.75. The summed E-state index contributed by atoms with van der Waals surface area (Å²) in [6.07, 6.45) is 6.03. The van der Waals surface area contributed by atoms with Crippen LogP contribution in [0.4, 0.5) is 11.4 Å². The highest BCUT2D eigenvalue weighted by Crippen LogP contribution is 2.40. The minimum atomic E-state index is -0.246. The van der Waals surface area contributed by atoms with E-state index >= 15 is 0 Å². The van der Waals surface area contributed by atoms with Crippen molar-refractivity contribution in [1.82, 2.24) is 10.2 Å². The molecule has 3 heterocycles. The first-order valence-corrected chi connectivity index (χ1v) is 12.8. The van der Waals surface area contributed by atoms with Crippen LogP contribution < -0.4 is 15.1 Å². The molecule has 3 amide bonds. The predicted molar refractivity (Wildman–Crippen MR) is 137 cm³/mol. The van der Waals surface area contributed by atoms with E-state index in [0.717, 1.165) is 75.0 Å². The molecule has 0 saturated carbocycles. The quantitative estimate of drug-likeness (QED) is 0.718. The van der Waals surface area contributed by atoms with E-state index in [1.165, 1.54) is 0 Å². The highest BCUT2D eigenvalue weighted by atomic mass is 16.2. The molecule has 0 spiro atoms. The summed E-state index contributed by atoms with van der Waals surface area (Å²) in [7, 11) is 0. The van der Waals surface area contributed by atoms with Crippen LogP contribution in [-0.2, 0) is 16.1 Å². The van der Waals surface area contributed by atoms with Gasteiger partial charge in [0.1, 0.15) is 12.6 Å². The third-order valence-electron chi connectivity index (χ3n) is 7.39. The molecule has 5 rings (SSSR count). The molecule has 0 radical (unpaired) electrons. The van der Waals surface area contributed by atoms with Crippen LogP contribution in [-0.4, -0.2) is 54.8 Å². The fourth-order valence-corrected chi connectivity index (χ4v) is 5.56.